The number of carbonyl (C=O) groups excluding carboxylic acids is 1. The van der Waals surface area contributed by atoms with E-state index in [2.05, 4.69) is 0 Å². The second kappa shape index (κ2) is 6.99. The molecule has 3 aliphatic rings. The van der Waals surface area contributed by atoms with Crippen LogP contribution in [0.2, 0.25) is 0 Å². The molecule has 0 unspecified atom stereocenters. The molecule has 0 spiro atoms. The van der Waals surface area contributed by atoms with Gasteiger partial charge in [0, 0.05) is 19.1 Å². The maximum absolute atomic E-state index is 12.6. The first-order valence-corrected chi connectivity index (χ1v) is 8.93. The smallest absolute Gasteiger partial charge is 0.320 e. The fraction of sp³-hybridized carbons (Fsp3) is 0.882. The standard InChI is InChI=1S/C17H28N2O3/c20-16(18-9-5-1-2-6-10-18)12-19-14-8-4-3-7-13(14)11-15(19)17(21)22/h13-15H,1-12H2,(H,21,22)/t13-,14+,15+/m1/s1. The average Bonchev–Trinajstić information content (AvgIpc) is 2.70. The van der Waals surface area contributed by atoms with Crippen molar-refractivity contribution in [3.05, 3.63) is 0 Å². The summed E-state index contributed by atoms with van der Waals surface area (Å²) in [7, 11) is 0. The minimum absolute atomic E-state index is 0.138. The van der Waals surface area contributed by atoms with Gasteiger partial charge in [-0.1, -0.05) is 25.7 Å². The Morgan fingerprint density at radius 1 is 0.955 bits per heavy atom. The topological polar surface area (TPSA) is 60.9 Å². The summed E-state index contributed by atoms with van der Waals surface area (Å²) >= 11 is 0. The van der Waals surface area contributed by atoms with Crippen LogP contribution >= 0.6 is 0 Å². The maximum atomic E-state index is 12.6. The highest BCUT2D eigenvalue weighted by Gasteiger charge is 2.46. The summed E-state index contributed by atoms with van der Waals surface area (Å²) in [5.74, 6) is -0.135. The van der Waals surface area contributed by atoms with Crippen LogP contribution in [0, 0.1) is 5.92 Å². The van der Waals surface area contributed by atoms with Crippen LogP contribution in [-0.4, -0.2) is 58.5 Å². The molecule has 2 saturated heterocycles. The summed E-state index contributed by atoms with van der Waals surface area (Å²) < 4.78 is 0. The van der Waals surface area contributed by atoms with E-state index < -0.39 is 12.0 Å². The third-order valence-electron chi connectivity index (χ3n) is 5.78. The van der Waals surface area contributed by atoms with Crippen LogP contribution < -0.4 is 0 Å². The molecule has 3 rings (SSSR count). The molecule has 1 aliphatic carbocycles. The fourth-order valence-electron chi connectivity index (χ4n) is 4.60. The van der Waals surface area contributed by atoms with Crippen LogP contribution in [0.15, 0.2) is 0 Å². The van der Waals surface area contributed by atoms with Gasteiger partial charge in [0.1, 0.15) is 6.04 Å². The Kier molecular flexibility index (Phi) is 5.01. The maximum Gasteiger partial charge on any atom is 0.320 e. The number of hydrogen-bond donors (Lipinski definition) is 1. The van der Waals surface area contributed by atoms with Gasteiger partial charge in [-0.05, 0) is 38.0 Å². The van der Waals surface area contributed by atoms with Crippen molar-refractivity contribution in [1.82, 2.24) is 9.80 Å². The Labute approximate surface area is 132 Å². The Hall–Kier alpha value is -1.10. The van der Waals surface area contributed by atoms with Gasteiger partial charge in [-0.2, -0.15) is 0 Å². The zero-order valence-electron chi connectivity index (χ0n) is 13.4. The number of fused-ring (bicyclic) bond motifs is 1. The number of carboxylic acids is 1. The third kappa shape index (κ3) is 3.29. The molecule has 0 aromatic heterocycles. The van der Waals surface area contributed by atoms with E-state index in [4.69, 9.17) is 0 Å². The second-order valence-electron chi connectivity index (χ2n) is 7.17. The van der Waals surface area contributed by atoms with Crippen LogP contribution in [0.3, 0.4) is 0 Å². The molecule has 3 fully saturated rings. The van der Waals surface area contributed by atoms with Gasteiger partial charge in [0.2, 0.25) is 5.91 Å². The number of carbonyl (C=O) groups is 2. The lowest BCUT2D eigenvalue weighted by atomic mass is 9.85. The molecular weight excluding hydrogens is 280 g/mol. The number of aliphatic carboxylic acids is 1. The zero-order chi connectivity index (χ0) is 15.5. The van der Waals surface area contributed by atoms with Crippen LogP contribution in [0.1, 0.15) is 57.8 Å². The van der Waals surface area contributed by atoms with E-state index in [-0.39, 0.29) is 5.91 Å². The summed E-state index contributed by atoms with van der Waals surface area (Å²) in [5, 5.41) is 9.53. The van der Waals surface area contributed by atoms with Gasteiger partial charge >= 0.3 is 5.97 Å². The number of amides is 1. The van der Waals surface area contributed by atoms with Gasteiger partial charge in [-0.15, -0.1) is 0 Å². The predicted octanol–water partition coefficient (Wildman–Crippen LogP) is 2.11. The van der Waals surface area contributed by atoms with Gasteiger partial charge in [0.25, 0.3) is 0 Å². The first-order chi connectivity index (χ1) is 10.7. The van der Waals surface area contributed by atoms with Crippen molar-refractivity contribution >= 4 is 11.9 Å². The van der Waals surface area contributed by atoms with Gasteiger partial charge in [-0.3, -0.25) is 14.5 Å². The van der Waals surface area contributed by atoms with E-state index in [9.17, 15) is 14.7 Å². The van der Waals surface area contributed by atoms with Crippen molar-refractivity contribution in [2.45, 2.75) is 69.9 Å². The molecule has 5 nitrogen and oxygen atoms in total. The van der Waals surface area contributed by atoms with Crippen molar-refractivity contribution in [1.29, 1.82) is 0 Å². The molecule has 3 atom stereocenters. The molecule has 5 heteroatoms. The van der Waals surface area contributed by atoms with E-state index >= 15 is 0 Å². The van der Waals surface area contributed by atoms with E-state index in [1.165, 1.54) is 25.7 Å². The molecular formula is C17H28N2O3. The molecule has 1 N–H and O–H groups in total. The van der Waals surface area contributed by atoms with E-state index in [0.717, 1.165) is 45.2 Å². The van der Waals surface area contributed by atoms with Crippen LogP contribution in [0.4, 0.5) is 0 Å². The summed E-state index contributed by atoms with van der Waals surface area (Å²) in [6.07, 6.45) is 9.87. The Bertz CT molecular complexity index is 418. The Morgan fingerprint density at radius 3 is 2.32 bits per heavy atom. The van der Waals surface area contributed by atoms with Gasteiger partial charge in [0.15, 0.2) is 0 Å². The molecule has 0 radical (unpaired) electrons. The largest absolute Gasteiger partial charge is 0.480 e. The molecule has 0 bridgehead atoms. The van der Waals surface area contributed by atoms with Crippen molar-refractivity contribution in [3.63, 3.8) is 0 Å². The van der Waals surface area contributed by atoms with E-state index in [0.29, 0.717) is 18.5 Å². The molecule has 0 aromatic carbocycles. The highest BCUT2D eigenvalue weighted by molar-refractivity contribution is 5.80. The Morgan fingerprint density at radius 2 is 1.64 bits per heavy atom. The monoisotopic (exact) mass is 308 g/mol. The molecule has 22 heavy (non-hydrogen) atoms. The van der Waals surface area contributed by atoms with Crippen molar-refractivity contribution < 1.29 is 14.7 Å². The number of nitrogens with zero attached hydrogens (tertiary/aromatic N) is 2. The molecule has 1 saturated carbocycles. The number of carboxylic acid groups (broad SMARTS) is 1. The highest BCUT2D eigenvalue weighted by atomic mass is 16.4. The summed E-state index contributed by atoms with van der Waals surface area (Å²) in [5.41, 5.74) is 0. The third-order valence-corrected chi connectivity index (χ3v) is 5.78. The normalized spacial score (nSPS) is 33.3. The van der Waals surface area contributed by atoms with Crippen LogP contribution in [0.5, 0.6) is 0 Å². The van der Waals surface area contributed by atoms with Crippen LogP contribution in [0.25, 0.3) is 0 Å². The number of rotatable bonds is 3. The van der Waals surface area contributed by atoms with Gasteiger partial charge in [0.05, 0.1) is 6.54 Å². The molecule has 2 heterocycles. The second-order valence-corrected chi connectivity index (χ2v) is 7.17. The minimum atomic E-state index is -0.752. The lowest BCUT2D eigenvalue weighted by Crippen LogP contribution is -2.48. The van der Waals surface area contributed by atoms with Crippen LogP contribution in [-0.2, 0) is 9.59 Å². The summed E-state index contributed by atoms with van der Waals surface area (Å²) in [6, 6.07) is -0.144. The van der Waals surface area contributed by atoms with E-state index in [1.54, 1.807) is 0 Å². The van der Waals surface area contributed by atoms with Crippen molar-refractivity contribution in [2.24, 2.45) is 5.92 Å². The van der Waals surface area contributed by atoms with Crippen molar-refractivity contribution in [3.8, 4) is 0 Å². The Balaban J connectivity index is 1.67. The summed E-state index contributed by atoms with van der Waals surface area (Å²) in [6.45, 7) is 2.00. The summed E-state index contributed by atoms with van der Waals surface area (Å²) in [4.78, 5) is 28.2. The molecule has 2 aliphatic heterocycles. The van der Waals surface area contributed by atoms with Gasteiger partial charge < -0.3 is 10.0 Å². The first-order valence-electron chi connectivity index (χ1n) is 8.93. The lowest BCUT2D eigenvalue weighted by molar-refractivity contribution is -0.144. The minimum Gasteiger partial charge on any atom is -0.480 e. The first kappa shape index (κ1) is 15.8. The molecule has 124 valence electrons. The quantitative estimate of drug-likeness (QED) is 0.867. The van der Waals surface area contributed by atoms with E-state index in [1.807, 2.05) is 9.80 Å². The lowest BCUT2D eigenvalue weighted by Gasteiger charge is -2.33. The molecule has 1 amide bonds. The molecule has 0 aromatic rings. The SMILES string of the molecule is O=C(O)[C@@H]1C[C@H]2CCCC[C@@H]2N1CC(=O)N1CCCCCC1. The highest BCUT2D eigenvalue weighted by Crippen LogP contribution is 2.39. The predicted molar refractivity (Wildman–Crippen MR) is 83.5 cm³/mol. The van der Waals surface area contributed by atoms with Crippen molar-refractivity contribution in [2.75, 3.05) is 19.6 Å². The fourth-order valence-corrected chi connectivity index (χ4v) is 4.60. The zero-order valence-corrected chi connectivity index (χ0v) is 13.4. The number of likely N-dealkylation sites (tertiary alicyclic amines) is 2. The van der Waals surface area contributed by atoms with Gasteiger partial charge in [-0.25, -0.2) is 0 Å². The average molecular weight is 308 g/mol. The number of hydrogen-bond acceptors (Lipinski definition) is 3.